The molecule has 4 aliphatic rings. The van der Waals surface area contributed by atoms with Crippen molar-refractivity contribution in [1.29, 1.82) is 0 Å². The summed E-state index contributed by atoms with van der Waals surface area (Å²) in [7, 11) is 0. The van der Waals surface area contributed by atoms with Gasteiger partial charge in [-0.25, -0.2) is 0 Å². The number of esters is 1. The van der Waals surface area contributed by atoms with Crippen molar-refractivity contribution in [1.82, 2.24) is 15.1 Å². The quantitative estimate of drug-likeness (QED) is 0.493. The van der Waals surface area contributed by atoms with Crippen LogP contribution in [-0.4, -0.2) is 104 Å². The van der Waals surface area contributed by atoms with E-state index in [1.165, 1.54) is 13.3 Å². The molecule has 5 rings (SSSR count). The maximum absolute atomic E-state index is 12.5. The fourth-order valence-electron chi connectivity index (χ4n) is 6.31. The molecular formula is C29H43N3O7. The van der Waals surface area contributed by atoms with Gasteiger partial charge in [-0.05, 0) is 12.8 Å². The highest BCUT2D eigenvalue weighted by atomic mass is 16.7. The number of piperazine rings is 1. The average molecular weight is 546 g/mol. The fourth-order valence-corrected chi connectivity index (χ4v) is 6.31. The molecule has 0 aromatic heterocycles. The van der Waals surface area contributed by atoms with E-state index in [0.717, 1.165) is 57.4 Å². The Morgan fingerprint density at radius 3 is 2.44 bits per heavy atom. The highest BCUT2D eigenvalue weighted by Crippen LogP contribution is 2.38. The predicted molar refractivity (Wildman–Crippen MR) is 143 cm³/mol. The van der Waals surface area contributed by atoms with Gasteiger partial charge in [0, 0.05) is 52.1 Å². The molecule has 3 saturated heterocycles. The van der Waals surface area contributed by atoms with E-state index in [1.807, 2.05) is 30.3 Å². The molecule has 6 atom stereocenters. The van der Waals surface area contributed by atoms with Crippen LogP contribution in [0, 0.1) is 0 Å². The summed E-state index contributed by atoms with van der Waals surface area (Å²) in [5.74, 6) is -0.371. The molecule has 0 unspecified atom stereocenters. The van der Waals surface area contributed by atoms with E-state index in [4.69, 9.17) is 23.7 Å². The second kappa shape index (κ2) is 13.5. The van der Waals surface area contributed by atoms with Gasteiger partial charge in [0.1, 0.15) is 18.8 Å². The number of ether oxygens (including phenoxy) is 5. The van der Waals surface area contributed by atoms with Crippen LogP contribution in [0.1, 0.15) is 57.8 Å². The first-order valence-corrected chi connectivity index (χ1v) is 14.5. The molecule has 1 aliphatic carbocycles. The molecule has 1 aromatic rings. The maximum atomic E-state index is 12.5. The third kappa shape index (κ3) is 7.36. The monoisotopic (exact) mass is 545 g/mol. The molecule has 1 aromatic carbocycles. The number of nitrogens with one attached hydrogen (secondary N) is 1. The second-order valence-electron chi connectivity index (χ2n) is 11.1. The Bertz CT molecular complexity index is 936. The number of amides is 1. The first-order chi connectivity index (χ1) is 19.0. The predicted octanol–water partition coefficient (Wildman–Crippen LogP) is 2.23. The van der Waals surface area contributed by atoms with Crippen LogP contribution in [0.25, 0.3) is 0 Å². The summed E-state index contributed by atoms with van der Waals surface area (Å²) in [5.41, 5.74) is 0.960. The molecule has 1 N–H and O–H groups in total. The molecular weight excluding hydrogens is 502 g/mol. The van der Waals surface area contributed by atoms with Gasteiger partial charge in [0.25, 0.3) is 0 Å². The lowest BCUT2D eigenvalue weighted by atomic mass is 9.90. The number of carbonyl (C=O) groups is 2. The summed E-state index contributed by atoms with van der Waals surface area (Å²) in [6.45, 7) is 7.71. The van der Waals surface area contributed by atoms with Gasteiger partial charge in [0.15, 0.2) is 12.6 Å². The minimum absolute atomic E-state index is 0.115. The summed E-state index contributed by atoms with van der Waals surface area (Å²) in [6.07, 6.45) is 3.98. The van der Waals surface area contributed by atoms with Crippen molar-refractivity contribution in [2.24, 2.45) is 0 Å². The number of rotatable bonds is 8. The van der Waals surface area contributed by atoms with Crippen LogP contribution in [0.2, 0.25) is 0 Å². The van der Waals surface area contributed by atoms with Gasteiger partial charge >= 0.3 is 5.97 Å². The van der Waals surface area contributed by atoms with E-state index >= 15 is 0 Å². The van der Waals surface area contributed by atoms with Gasteiger partial charge in [-0.3, -0.25) is 19.4 Å². The van der Waals surface area contributed by atoms with Gasteiger partial charge in [0.2, 0.25) is 5.91 Å². The van der Waals surface area contributed by atoms with E-state index in [0.29, 0.717) is 19.8 Å². The largest absolute Gasteiger partial charge is 0.465 e. The zero-order chi connectivity index (χ0) is 27.2. The molecule has 0 bridgehead atoms. The van der Waals surface area contributed by atoms with Crippen LogP contribution in [0.5, 0.6) is 0 Å². The minimum Gasteiger partial charge on any atom is -0.465 e. The smallest absolute Gasteiger partial charge is 0.302 e. The Kier molecular flexibility index (Phi) is 9.86. The van der Waals surface area contributed by atoms with Crippen LogP contribution >= 0.6 is 0 Å². The topological polar surface area (TPSA) is 98.8 Å². The van der Waals surface area contributed by atoms with Crippen molar-refractivity contribution in [2.45, 2.75) is 88.9 Å². The zero-order valence-electron chi connectivity index (χ0n) is 23.2. The van der Waals surface area contributed by atoms with E-state index in [2.05, 4.69) is 15.1 Å². The normalized spacial score (nSPS) is 32.8. The van der Waals surface area contributed by atoms with Crippen molar-refractivity contribution in [3.8, 4) is 0 Å². The summed E-state index contributed by atoms with van der Waals surface area (Å²) in [6, 6.07) is 9.42. The SMILES string of the molecule is CC(=O)N[C@H]1[C@H](OC2CCCCC2)O[C@@H]2CO[C@@H](c3ccccc3)O[C@H]2[C@@H]1N1CCN(CCOC(C)=O)CC1. The van der Waals surface area contributed by atoms with Gasteiger partial charge < -0.3 is 29.0 Å². The maximum Gasteiger partial charge on any atom is 0.302 e. The zero-order valence-corrected chi connectivity index (χ0v) is 23.2. The number of hydrogen-bond acceptors (Lipinski definition) is 9. The van der Waals surface area contributed by atoms with Crippen LogP contribution in [0.15, 0.2) is 30.3 Å². The molecule has 1 saturated carbocycles. The summed E-state index contributed by atoms with van der Waals surface area (Å²) >= 11 is 0. The first-order valence-electron chi connectivity index (χ1n) is 14.5. The number of carbonyl (C=O) groups excluding carboxylic acids is 2. The van der Waals surface area contributed by atoms with E-state index in [1.54, 1.807) is 6.92 Å². The lowest BCUT2D eigenvalue weighted by molar-refractivity contribution is -0.343. The third-order valence-electron chi connectivity index (χ3n) is 8.23. The molecule has 3 aliphatic heterocycles. The van der Waals surface area contributed by atoms with Crippen molar-refractivity contribution in [3.05, 3.63) is 35.9 Å². The number of benzene rings is 1. The Hall–Kier alpha value is -2.08. The van der Waals surface area contributed by atoms with Crippen LogP contribution in [-0.2, 0) is 33.3 Å². The molecule has 10 heteroatoms. The Balaban J connectivity index is 1.36. The first kappa shape index (κ1) is 28.4. The summed E-state index contributed by atoms with van der Waals surface area (Å²) in [4.78, 5) is 28.4. The lowest BCUT2D eigenvalue weighted by Crippen LogP contribution is -2.72. The van der Waals surface area contributed by atoms with Crippen molar-refractivity contribution < 1.29 is 33.3 Å². The lowest BCUT2D eigenvalue weighted by Gasteiger charge is -2.54. The second-order valence-corrected chi connectivity index (χ2v) is 11.1. The number of nitrogens with zero attached hydrogens (tertiary/aromatic N) is 2. The molecule has 3 heterocycles. The summed E-state index contributed by atoms with van der Waals surface area (Å²) in [5, 5.41) is 3.19. The van der Waals surface area contributed by atoms with Crippen LogP contribution < -0.4 is 5.32 Å². The number of fused-ring (bicyclic) bond motifs is 1. The molecule has 39 heavy (non-hydrogen) atoms. The van der Waals surface area contributed by atoms with Crippen LogP contribution in [0.4, 0.5) is 0 Å². The highest BCUT2D eigenvalue weighted by Gasteiger charge is 2.53. The Morgan fingerprint density at radius 1 is 1.00 bits per heavy atom. The third-order valence-corrected chi connectivity index (χ3v) is 8.23. The fraction of sp³-hybridized carbons (Fsp3) is 0.724. The van der Waals surface area contributed by atoms with Gasteiger partial charge in [-0.2, -0.15) is 0 Å². The summed E-state index contributed by atoms with van der Waals surface area (Å²) < 4.78 is 31.1. The van der Waals surface area contributed by atoms with Crippen molar-refractivity contribution in [2.75, 3.05) is 45.9 Å². The Morgan fingerprint density at radius 2 is 1.74 bits per heavy atom. The van der Waals surface area contributed by atoms with Gasteiger partial charge in [-0.1, -0.05) is 49.6 Å². The molecule has 1 amide bonds. The van der Waals surface area contributed by atoms with E-state index in [-0.39, 0.29) is 42.3 Å². The molecule has 10 nitrogen and oxygen atoms in total. The minimum atomic E-state index is -0.578. The molecule has 0 radical (unpaired) electrons. The van der Waals surface area contributed by atoms with Gasteiger partial charge in [0.05, 0.1) is 24.8 Å². The van der Waals surface area contributed by atoms with Crippen LogP contribution in [0.3, 0.4) is 0 Å². The standard InChI is InChI=1S/C29H43N3O7/c1-20(33)30-25-26(32-15-13-31(14-16-32)17-18-35-21(2)34)27-24(38-29(25)37-23-11-7-4-8-12-23)19-36-28(39-27)22-9-5-3-6-10-22/h3,5-6,9-10,23-29H,4,7-8,11-19H2,1-2H3,(H,30,33)/t24-,25-,26-,27-,28-,29-/m1/s1. The molecule has 0 spiro atoms. The van der Waals surface area contributed by atoms with Crippen molar-refractivity contribution in [3.63, 3.8) is 0 Å². The average Bonchev–Trinajstić information content (AvgIpc) is 2.94. The number of hydrogen-bond donors (Lipinski definition) is 1. The van der Waals surface area contributed by atoms with E-state index < -0.39 is 12.6 Å². The molecule has 216 valence electrons. The highest BCUT2D eigenvalue weighted by molar-refractivity contribution is 5.73. The van der Waals surface area contributed by atoms with Gasteiger partial charge in [-0.15, -0.1) is 0 Å². The van der Waals surface area contributed by atoms with Crippen molar-refractivity contribution >= 4 is 11.9 Å². The molecule has 4 fully saturated rings. The van der Waals surface area contributed by atoms with E-state index in [9.17, 15) is 9.59 Å². The Labute approximate surface area is 231 Å².